The molecule has 5 nitrogen and oxygen atoms in total. The first kappa shape index (κ1) is 14.9. The number of carbonyl (C=O) groups excluding carboxylic acids is 1. The summed E-state index contributed by atoms with van der Waals surface area (Å²) >= 11 is 0. The number of pyridine rings is 1. The molecule has 0 saturated carbocycles. The number of fused-ring (bicyclic) bond motifs is 1. The van der Waals surface area contributed by atoms with Crippen LogP contribution in [-0.2, 0) is 11.3 Å². The smallest absolute Gasteiger partial charge is 0.227 e. The molecule has 1 aromatic carbocycles. The Morgan fingerprint density at radius 2 is 2.12 bits per heavy atom. The van der Waals surface area contributed by atoms with Crippen molar-refractivity contribution in [2.24, 2.45) is 0 Å². The van der Waals surface area contributed by atoms with Gasteiger partial charge in [0.2, 0.25) is 5.91 Å². The Kier molecular flexibility index (Phi) is 3.56. The van der Waals surface area contributed by atoms with E-state index >= 15 is 0 Å². The molecule has 1 fully saturated rings. The largest absolute Gasteiger partial charge is 0.312 e. The molecule has 0 bridgehead atoms. The zero-order valence-electron chi connectivity index (χ0n) is 14.0. The summed E-state index contributed by atoms with van der Waals surface area (Å²) in [7, 11) is 0. The van der Waals surface area contributed by atoms with Crippen LogP contribution in [0.1, 0.15) is 25.3 Å². The zero-order valence-corrected chi connectivity index (χ0v) is 14.0. The molecule has 4 rings (SSSR count). The van der Waals surface area contributed by atoms with Crippen LogP contribution in [0.15, 0.2) is 36.7 Å². The third-order valence-electron chi connectivity index (χ3n) is 4.64. The number of aromatic nitrogens is 3. The number of carbonyl (C=O) groups is 1. The van der Waals surface area contributed by atoms with Gasteiger partial charge in [0, 0.05) is 42.3 Å². The highest BCUT2D eigenvalue weighted by molar-refractivity contribution is 5.98. The molecule has 2 aromatic heterocycles. The molecule has 24 heavy (non-hydrogen) atoms. The lowest BCUT2D eigenvalue weighted by Gasteiger charge is -2.16. The minimum atomic E-state index is 0.200. The van der Waals surface area contributed by atoms with Gasteiger partial charge in [-0.1, -0.05) is 6.07 Å². The molecule has 3 heterocycles. The first-order chi connectivity index (χ1) is 11.7. The molecule has 0 atom stereocenters. The minimum absolute atomic E-state index is 0.200. The maximum Gasteiger partial charge on any atom is 0.227 e. The van der Waals surface area contributed by atoms with E-state index in [1.54, 1.807) is 0 Å². The number of nitrogens with zero attached hydrogens (tertiary/aromatic N) is 4. The van der Waals surface area contributed by atoms with Gasteiger partial charge in [-0.15, -0.1) is 0 Å². The van der Waals surface area contributed by atoms with Crippen LogP contribution in [0, 0.1) is 6.92 Å². The number of rotatable bonds is 3. The SMILES string of the molecule is CCn1cc(-c2cc(C)c3ccc(N4CCCC4=O)cc3n2)cn1. The quantitative estimate of drug-likeness (QED) is 0.741. The van der Waals surface area contributed by atoms with Gasteiger partial charge in [-0.3, -0.25) is 9.48 Å². The van der Waals surface area contributed by atoms with E-state index in [9.17, 15) is 4.79 Å². The van der Waals surface area contributed by atoms with Gasteiger partial charge in [0.25, 0.3) is 0 Å². The highest BCUT2D eigenvalue weighted by Gasteiger charge is 2.22. The van der Waals surface area contributed by atoms with Crippen LogP contribution in [0.3, 0.4) is 0 Å². The number of amides is 1. The summed E-state index contributed by atoms with van der Waals surface area (Å²) in [5.74, 6) is 0.200. The van der Waals surface area contributed by atoms with E-state index < -0.39 is 0 Å². The van der Waals surface area contributed by atoms with Crippen molar-refractivity contribution >= 4 is 22.5 Å². The molecule has 122 valence electrons. The van der Waals surface area contributed by atoms with Gasteiger partial charge in [0.15, 0.2) is 0 Å². The number of aryl methyl sites for hydroxylation is 2. The van der Waals surface area contributed by atoms with Crippen LogP contribution in [0.25, 0.3) is 22.2 Å². The van der Waals surface area contributed by atoms with E-state index in [4.69, 9.17) is 4.98 Å². The molecule has 0 aliphatic carbocycles. The monoisotopic (exact) mass is 320 g/mol. The first-order valence-corrected chi connectivity index (χ1v) is 8.40. The lowest BCUT2D eigenvalue weighted by molar-refractivity contribution is -0.117. The summed E-state index contributed by atoms with van der Waals surface area (Å²) in [5, 5.41) is 5.46. The minimum Gasteiger partial charge on any atom is -0.312 e. The maximum atomic E-state index is 12.0. The van der Waals surface area contributed by atoms with E-state index in [0.29, 0.717) is 6.42 Å². The topological polar surface area (TPSA) is 51.0 Å². The highest BCUT2D eigenvalue weighted by atomic mass is 16.2. The number of hydrogen-bond donors (Lipinski definition) is 0. The number of hydrogen-bond acceptors (Lipinski definition) is 3. The molecular formula is C19H20N4O. The predicted molar refractivity (Wildman–Crippen MR) is 95.0 cm³/mol. The van der Waals surface area contributed by atoms with Crippen molar-refractivity contribution in [3.05, 3.63) is 42.2 Å². The molecule has 1 saturated heterocycles. The zero-order chi connectivity index (χ0) is 16.7. The Hall–Kier alpha value is -2.69. The molecule has 5 heteroatoms. The van der Waals surface area contributed by atoms with Gasteiger partial charge in [-0.05, 0) is 44.0 Å². The lowest BCUT2D eigenvalue weighted by Crippen LogP contribution is -2.23. The van der Waals surface area contributed by atoms with Crippen LogP contribution in [0.2, 0.25) is 0 Å². The average molecular weight is 320 g/mol. The third-order valence-corrected chi connectivity index (χ3v) is 4.64. The van der Waals surface area contributed by atoms with Gasteiger partial charge in [0.1, 0.15) is 0 Å². The van der Waals surface area contributed by atoms with E-state index in [1.807, 2.05) is 34.1 Å². The van der Waals surface area contributed by atoms with Crippen molar-refractivity contribution in [1.29, 1.82) is 0 Å². The highest BCUT2D eigenvalue weighted by Crippen LogP contribution is 2.29. The van der Waals surface area contributed by atoms with Crippen molar-refractivity contribution in [3.8, 4) is 11.3 Å². The van der Waals surface area contributed by atoms with E-state index in [1.165, 1.54) is 5.56 Å². The van der Waals surface area contributed by atoms with Gasteiger partial charge in [0.05, 0.1) is 17.4 Å². The van der Waals surface area contributed by atoms with Gasteiger partial charge in [-0.25, -0.2) is 4.98 Å². The fourth-order valence-electron chi connectivity index (χ4n) is 3.30. The van der Waals surface area contributed by atoms with Crippen molar-refractivity contribution in [2.45, 2.75) is 33.2 Å². The van der Waals surface area contributed by atoms with Crippen LogP contribution >= 0.6 is 0 Å². The molecule has 1 amide bonds. The van der Waals surface area contributed by atoms with Crippen molar-refractivity contribution < 1.29 is 4.79 Å². The fourth-order valence-corrected chi connectivity index (χ4v) is 3.30. The Bertz CT molecular complexity index is 928. The molecule has 0 unspecified atom stereocenters. The molecule has 1 aliphatic rings. The van der Waals surface area contributed by atoms with E-state index in [2.05, 4.69) is 31.1 Å². The Morgan fingerprint density at radius 1 is 1.25 bits per heavy atom. The van der Waals surface area contributed by atoms with Crippen molar-refractivity contribution in [2.75, 3.05) is 11.4 Å². The molecular weight excluding hydrogens is 300 g/mol. The van der Waals surface area contributed by atoms with Crippen LogP contribution in [0.5, 0.6) is 0 Å². The van der Waals surface area contributed by atoms with Crippen LogP contribution < -0.4 is 4.90 Å². The summed E-state index contributed by atoms with van der Waals surface area (Å²) < 4.78 is 1.90. The van der Waals surface area contributed by atoms with Crippen molar-refractivity contribution in [1.82, 2.24) is 14.8 Å². The summed E-state index contributed by atoms with van der Waals surface area (Å²) in [4.78, 5) is 18.7. The molecule has 1 aliphatic heterocycles. The number of benzene rings is 1. The second-order valence-corrected chi connectivity index (χ2v) is 6.26. The van der Waals surface area contributed by atoms with Gasteiger partial charge >= 0.3 is 0 Å². The Balaban J connectivity index is 1.81. The first-order valence-electron chi connectivity index (χ1n) is 8.40. The summed E-state index contributed by atoms with van der Waals surface area (Å²) in [6.07, 6.45) is 5.44. The van der Waals surface area contributed by atoms with E-state index in [-0.39, 0.29) is 5.91 Å². The summed E-state index contributed by atoms with van der Waals surface area (Å²) in [6, 6.07) is 8.21. The molecule has 3 aromatic rings. The second-order valence-electron chi connectivity index (χ2n) is 6.26. The molecule has 0 radical (unpaired) electrons. The third kappa shape index (κ3) is 2.46. The van der Waals surface area contributed by atoms with Gasteiger partial charge in [-0.2, -0.15) is 5.10 Å². The Morgan fingerprint density at radius 3 is 2.83 bits per heavy atom. The molecule has 0 N–H and O–H groups in total. The maximum absolute atomic E-state index is 12.0. The average Bonchev–Trinajstić information content (AvgIpc) is 3.23. The Labute approximate surface area is 140 Å². The second kappa shape index (κ2) is 5.74. The number of anilines is 1. The van der Waals surface area contributed by atoms with Crippen LogP contribution in [-0.4, -0.2) is 27.2 Å². The summed E-state index contributed by atoms with van der Waals surface area (Å²) in [5.41, 5.74) is 4.98. The fraction of sp³-hybridized carbons (Fsp3) is 0.316. The summed E-state index contributed by atoms with van der Waals surface area (Å²) in [6.45, 7) is 5.80. The van der Waals surface area contributed by atoms with E-state index in [0.717, 1.165) is 47.4 Å². The normalized spacial score (nSPS) is 14.8. The standard InChI is InChI=1S/C19H20N4O/c1-3-22-12-14(11-20-22)17-9-13(2)16-7-6-15(10-18(16)21-17)23-8-4-5-19(23)24/h6-7,9-12H,3-5,8H2,1-2H3. The van der Waals surface area contributed by atoms with Crippen molar-refractivity contribution in [3.63, 3.8) is 0 Å². The van der Waals surface area contributed by atoms with Gasteiger partial charge < -0.3 is 4.90 Å². The lowest BCUT2D eigenvalue weighted by atomic mass is 10.1. The van der Waals surface area contributed by atoms with Crippen LogP contribution in [0.4, 0.5) is 5.69 Å². The predicted octanol–water partition coefficient (Wildman–Crippen LogP) is 3.55. The molecule has 0 spiro atoms.